The average molecular weight is 625 g/mol. The molecule has 0 aliphatic carbocycles. The van der Waals surface area contributed by atoms with Crippen LogP contribution < -0.4 is 24.1 Å². The third-order valence-electron chi connectivity index (χ3n) is 8.21. The summed E-state index contributed by atoms with van der Waals surface area (Å²) in [6.07, 6.45) is -1.06. The number of benzene rings is 4. The largest absolute Gasteiger partial charge is 0.530 e. The van der Waals surface area contributed by atoms with E-state index in [-0.39, 0.29) is 25.7 Å². The number of hydrogen-bond donors (Lipinski definition) is 0. The van der Waals surface area contributed by atoms with E-state index in [1.54, 1.807) is 21.3 Å². The second-order valence-electron chi connectivity index (χ2n) is 10.8. The molecule has 0 bridgehead atoms. The van der Waals surface area contributed by atoms with Gasteiger partial charge in [-0.25, -0.2) is 0 Å². The number of ether oxygens (including phenoxy) is 5. The van der Waals surface area contributed by atoms with Gasteiger partial charge in [0, 0.05) is 35.3 Å². The third kappa shape index (κ3) is 6.40. The van der Waals surface area contributed by atoms with Gasteiger partial charge in [-0.1, -0.05) is 53.7 Å². The van der Waals surface area contributed by atoms with E-state index >= 15 is 0 Å². The van der Waals surface area contributed by atoms with Crippen LogP contribution in [0.5, 0.6) is 23.0 Å². The maximum absolute atomic E-state index is 11.8. The van der Waals surface area contributed by atoms with Crippen LogP contribution in [0.2, 0.25) is 0 Å². The molecule has 238 valence electrons. The number of rotatable bonds is 11. The van der Waals surface area contributed by atoms with Crippen molar-refractivity contribution in [3.8, 4) is 34.4 Å². The number of fused-ring (bicyclic) bond motifs is 1. The summed E-state index contributed by atoms with van der Waals surface area (Å²) >= 11 is 0. The van der Waals surface area contributed by atoms with Crippen LogP contribution in [0.1, 0.15) is 29.4 Å². The molecule has 0 saturated carbocycles. The standard InChI is InChI=1S/C35H35N3O8/c1-41-29-11-7-6-10-28(29)34-36-32(46-37-34)21-44-24-14-12-22(13-15-24)25-16-17-38(35(39)40)19-31(25)45-20-23-18-30(42-2)26-8-4-5-9-27(26)33(23)43-3/h4-15,18,25,31H,16-17,19-21H2,1-3H3,(H,39,40)/p-1. The van der Waals surface area contributed by atoms with Crippen molar-refractivity contribution in [3.63, 3.8) is 0 Å². The van der Waals surface area contributed by atoms with Crippen LogP contribution >= 0.6 is 0 Å². The summed E-state index contributed by atoms with van der Waals surface area (Å²) in [6, 6.07) is 24.9. The van der Waals surface area contributed by atoms with Gasteiger partial charge in [0.15, 0.2) is 6.61 Å². The maximum atomic E-state index is 11.8. The Morgan fingerprint density at radius 1 is 0.913 bits per heavy atom. The summed E-state index contributed by atoms with van der Waals surface area (Å²) in [5.41, 5.74) is 2.54. The summed E-state index contributed by atoms with van der Waals surface area (Å²) in [5, 5.41) is 17.7. The van der Waals surface area contributed by atoms with Gasteiger partial charge in [0.05, 0.1) is 39.6 Å². The first kappa shape index (κ1) is 30.7. The third-order valence-corrected chi connectivity index (χ3v) is 8.21. The first-order chi connectivity index (χ1) is 22.5. The number of carbonyl (C=O) groups is 1. The zero-order chi connectivity index (χ0) is 32.0. The number of piperidine rings is 1. The van der Waals surface area contributed by atoms with Crippen LogP contribution in [0, 0.1) is 0 Å². The van der Waals surface area contributed by atoms with Gasteiger partial charge in [-0.15, -0.1) is 0 Å². The van der Waals surface area contributed by atoms with Gasteiger partial charge >= 0.3 is 0 Å². The molecule has 2 atom stereocenters. The molecule has 0 spiro atoms. The van der Waals surface area contributed by atoms with Gasteiger partial charge in [-0.2, -0.15) is 4.98 Å². The van der Waals surface area contributed by atoms with Crippen molar-refractivity contribution < 1.29 is 38.1 Å². The molecule has 46 heavy (non-hydrogen) atoms. The van der Waals surface area contributed by atoms with Crippen LogP contribution in [-0.4, -0.2) is 61.7 Å². The van der Waals surface area contributed by atoms with Crippen LogP contribution in [-0.2, 0) is 18.0 Å². The monoisotopic (exact) mass is 624 g/mol. The van der Waals surface area contributed by atoms with Gasteiger partial charge in [0.1, 0.15) is 29.1 Å². The minimum absolute atomic E-state index is 0.0580. The Morgan fingerprint density at radius 3 is 2.39 bits per heavy atom. The number of hydrogen-bond acceptors (Lipinski definition) is 10. The Morgan fingerprint density at radius 2 is 1.65 bits per heavy atom. The fraction of sp³-hybridized carbons (Fsp3) is 0.286. The molecule has 2 unspecified atom stereocenters. The lowest BCUT2D eigenvalue weighted by Crippen LogP contribution is -2.51. The number of amides is 1. The highest BCUT2D eigenvalue weighted by atomic mass is 16.5. The second kappa shape index (κ2) is 13.8. The maximum Gasteiger partial charge on any atom is 0.264 e. The molecule has 2 heterocycles. The Kier molecular flexibility index (Phi) is 9.20. The van der Waals surface area contributed by atoms with Crippen molar-refractivity contribution in [3.05, 3.63) is 95.9 Å². The van der Waals surface area contributed by atoms with Crippen molar-refractivity contribution in [2.24, 2.45) is 0 Å². The lowest BCUT2D eigenvalue weighted by Gasteiger charge is -2.40. The van der Waals surface area contributed by atoms with Crippen molar-refractivity contribution in [2.75, 3.05) is 34.4 Å². The summed E-state index contributed by atoms with van der Waals surface area (Å²) in [4.78, 5) is 17.5. The molecule has 1 aliphatic rings. The molecule has 11 nitrogen and oxygen atoms in total. The Bertz CT molecular complexity index is 1810. The second-order valence-corrected chi connectivity index (χ2v) is 10.8. The molecule has 6 rings (SSSR count). The molecular formula is C35H34N3O8-. The zero-order valence-corrected chi connectivity index (χ0v) is 25.8. The molecular weight excluding hydrogens is 590 g/mol. The van der Waals surface area contributed by atoms with Crippen molar-refractivity contribution >= 4 is 16.9 Å². The summed E-state index contributed by atoms with van der Waals surface area (Å²) < 4.78 is 34.6. The number of aromatic nitrogens is 2. The van der Waals surface area contributed by atoms with Crippen molar-refractivity contribution in [2.45, 2.75) is 31.7 Å². The van der Waals surface area contributed by atoms with E-state index in [4.69, 9.17) is 28.2 Å². The Balaban J connectivity index is 1.16. The van der Waals surface area contributed by atoms with Gasteiger partial charge in [0.25, 0.3) is 5.89 Å². The van der Waals surface area contributed by atoms with Crippen molar-refractivity contribution in [1.82, 2.24) is 15.0 Å². The smallest absolute Gasteiger partial charge is 0.264 e. The quantitative estimate of drug-likeness (QED) is 0.193. The lowest BCUT2D eigenvalue weighted by molar-refractivity contribution is -0.268. The molecule has 4 aromatic carbocycles. The minimum Gasteiger partial charge on any atom is -0.530 e. The fourth-order valence-corrected chi connectivity index (χ4v) is 5.93. The number of carbonyl (C=O) groups excluding carboxylic acids is 1. The fourth-order valence-electron chi connectivity index (χ4n) is 5.93. The molecule has 1 amide bonds. The van der Waals surface area contributed by atoms with Crippen molar-refractivity contribution in [1.29, 1.82) is 0 Å². The molecule has 0 N–H and O–H groups in total. The van der Waals surface area contributed by atoms with E-state index in [1.165, 1.54) is 4.90 Å². The molecule has 1 saturated heterocycles. The van der Waals surface area contributed by atoms with Gasteiger partial charge in [0.2, 0.25) is 5.82 Å². The normalized spacial score (nSPS) is 16.3. The first-order valence-corrected chi connectivity index (χ1v) is 14.9. The topological polar surface area (TPSA) is 128 Å². The van der Waals surface area contributed by atoms with Gasteiger partial charge in [-0.05, 0) is 42.3 Å². The predicted molar refractivity (Wildman–Crippen MR) is 167 cm³/mol. The average Bonchev–Trinajstić information content (AvgIpc) is 3.58. The number of carboxylic acid groups (broad SMARTS) is 1. The van der Waals surface area contributed by atoms with E-state index in [0.717, 1.165) is 27.5 Å². The van der Waals surface area contributed by atoms with Crippen LogP contribution in [0.15, 0.2) is 83.4 Å². The molecule has 0 radical (unpaired) electrons. The van der Waals surface area contributed by atoms with Crippen LogP contribution in [0.4, 0.5) is 4.79 Å². The van der Waals surface area contributed by atoms with E-state index in [1.807, 2.05) is 78.9 Å². The van der Waals surface area contributed by atoms with E-state index < -0.39 is 12.2 Å². The first-order valence-electron chi connectivity index (χ1n) is 14.9. The SMILES string of the molecule is COc1ccccc1-c1noc(COc2ccc(C3CCN(C(=O)[O-])CC3OCc3cc(OC)c4ccccc4c3OC)cc2)n1. The molecule has 11 heteroatoms. The molecule has 1 aliphatic heterocycles. The van der Waals surface area contributed by atoms with Crippen LogP contribution in [0.3, 0.4) is 0 Å². The number of likely N-dealkylation sites (tertiary alicyclic amines) is 1. The van der Waals surface area contributed by atoms with Gasteiger partial charge in [-0.3, -0.25) is 0 Å². The summed E-state index contributed by atoms with van der Waals surface area (Å²) in [5.74, 6) is 3.36. The number of methoxy groups -OCH3 is 3. The lowest BCUT2D eigenvalue weighted by atomic mass is 9.87. The number of para-hydroxylation sites is 1. The van der Waals surface area contributed by atoms with Crippen LogP contribution in [0.25, 0.3) is 22.2 Å². The Hall–Kier alpha value is -5.29. The number of nitrogens with zero attached hydrogens (tertiary/aromatic N) is 3. The van der Waals surface area contributed by atoms with E-state index in [2.05, 4.69) is 10.1 Å². The highest BCUT2D eigenvalue weighted by Crippen LogP contribution is 2.38. The highest BCUT2D eigenvalue weighted by Gasteiger charge is 2.32. The summed E-state index contributed by atoms with van der Waals surface area (Å²) in [6.45, 7) is 0.830. The zero-order valence-electron chi connectivity index (χ0n) is 25.8. The predicted octanol–water partition coefficient (Wildman–Crippen LogP) is 5.21. The van der Waals surface area contributed by atoms with E-state index in [9.17, 15) is 9.90 Å². The van der Waals surface area contributed by atoms with Gasteiger partial charge < -0.3 is 43.0 Å². The minimum atomic E-state index is -1.21. The Labute approximate surface area is 266 Å². The molecule has 1 fully saturated rings. The summed E-state index contributed by atoms with van der Waals surface area (Å²) in [7, 11) is 4.84. The van der Waals surface area contributed by atoms with E-state index in [0.29, 0.717) is 47.7 Å². The highest BCUT2D eigenvalue weighted by molar-refractivity contribution is 5.94. The molecule has 1 aromatic heterocycles. The molecule has 5 aromatic rings.